The molecule has 0 saturated heterocycles. The zero-order valence-corrected chi connectivity index (χ0v) is 18.5. The van der Waals surface area contributed by atoms with Crippen LogP contribution in [0.5, 0.6) is 0 Å². The van der Waals surface area contributed by atoms with E-state index in [1.54, 1.807) is 37.7 Å². The lowest BCUT2D eigenvalue weighted by Crippen LogP contribution is -2.36. The van der Waals surface area contributed by atoms with Crippen molar-refractivity contribution in [3.05, 3.63) is 53.6 Å². The standard InChI is InChI=1S/C21H31NO3S2/c1-16(14-26-5)11-18(15-27-19-9-7-6-8-10-19)12-17(2)21(23)22-13-20(24-3)25-4/h6-12,17,20H,13-15H2,1-5H3,(H,22,23)/b16-11-,18-12+. The second-order valence-electron chi connectivity index (χ2n) is 6.20. The van der Waals surface area contributed by atoms with Gasteiger partial charge < -0.3 is 14.8 Å². The van der Waals surface area contributed by atoms with Crippen molar-refractivity contribution in [2.24, 2.45) is 5.92 Å². The molecule has 0 bridgehead atoms. The fraction of sp³-hybridized carbons (Fsp3) is 0.476. The third kappa shape index (κ3) is 10.1. The lowest BCUT2D eigenvalue weighted by atomic mass is 10.1. The lowest BCUT2D eigenvalue weighted by Gasteiger charge is -2.16. The van der Waals surface area contributed by atoms with Gasteiger partial charge in [0.15, 0.2) is 6.29 Å². The summed E-state index contributed by atoms with van der Waals surface area (Å²) >= 11 is 3.57. The van der Waals surface area contributed by atoms with Gasteiger partial charge in [-0.15, -0.1) is 11.8 Å². The molecule has 150 valence electrons. The Morgan fingerprint density at radius 1 is 1.19 bits per heavy atom. The van der Waals surface area contributed by atoms with Crippen molar-refractivity contribution in [2.75, 3.05) is 38.5 Å². The molecule has 1 atom stereocenters. The van der Waals surface area contributed by atoms with Crippen molar-refractivity contribution < 1.29 is 14.3 Å². The van der Waals surface area contributed by atoms with E-state index in [9.17, 15) is 4.79 Å². The van der Waals surface area contributed by atoms with Crippen molar-refractivity contribution in [3.63, 3.8) is 0 Å². The molecule has 1 aromatic carbocycles. The van der Waals surface area contributed by atoms with Crippen LogP contribution in [0.3, 0.4) is 0 Å². The van der Waals surface area contributed by atoms with Gasteiger partial charge in [-0.05, 0) is 30.9 Å². The first-order valence-electron chi connectivity index (χ1n) is 8.88. The predicted octanol–water partition coefficient (Wildman–Crippen LogP) is 4.39. The highest BCUT2D eigenvalue weighted by Gasteiger charge is 2.13. The summed E-state index contributed by atoms with van der Waals surface area (Å²) in [4.78, 5) is 13.6. The summed E-state index contributed by atoms with van der Waals surface area (Å²) in [6, 6.07) is 10.3. The van der Waals surface area contributed by atoms with Gasteiger partial charge >= 0.3 is 0 Å². The van der Waals surface area contributed by atoms with E-state index in [-0.39, 0.29) is 11.8 Å². The molecule has 1 rings (SSSR count). The Hall–Kier alpha value is -1.21. The van der Waals surface area contributed by atoms with Crippen LogP contribution in [0.15, 0.2) is 58.5 Å². The van der Waals surface area contributed by atoms with E-state index < -0.39 is 6.29 Å². The van der Waals surface area contributed by atoms with Crippen LogP contribution in [0.4, 0.5) is 0 Å². The molecule has 1 N–H and O–H groups in total. The molecule has 4 nitrogen and oxygen atoms in total. The minimum absolute atomic E-state index is 0.0350. The highest BCUT2D eigenvalue weighted by molar-refractivity contribution is 7.99. The summed E-state index contributed by atoms with van der Waals surface area (Å²) in [7, 11) is 3.11. The molecule has 6 heteroatoms. The molecule has 0 radical (unpaired) electrons. The highest BCUT2D eigenvalue weighted by Crippen LogP contribution is 2.22. The largest absolute Gasteiger partial charge is 0.354 e. The topological polar surface area (TPSA) is 47.6 Å². The van der Waals surface area contributed by atoms with E-state index in [0.29, 0.717) is 6.54 Å². The molecule has 0 fully saturated rings. The summed E-state index contributed by atoms with van der Waals surface area (Å²) in [6.45, 7) is 4.37. The summed E-state index contributed by atoms with van der Waals surface area (Å²) in [5.74, 6) is 1.54. The van der Waals surface area contributed by atoms with E-state index in [1.165, 1.54) is 10.5 Å². The molecule has 0 aromatic heterocycles. The first kappa shape index (κ1) is 23.8. The van der Waals surface area contributed by atoms with Crippen LogP contribution in [0.25, 0.3) is 0 Å². The van der Waals surface area contributed by atoms with Gasteiger partial charge in [0.05, 0.1) is 12.5 Å². The number of hydrogen-bond donors (Lipinski definition) is 1. The van der Waals surface area contributed by atoms with Gasteiger partial charge in [-0.25, -0.2) is 0 Å². The summed E-state index contributed by atoms with van der Waals surface area (Å²) in [5, 5.41) is 2.88. The third-order valence-electron chi connectivity index (χ3n) is 3.80. The van der Waals surface area contributed by atoms with Crippen LogP contribution in [0.2, 0.25) is 0 Å². The second kappa shape index (κ2) is 13.9. The number of carbonyl (C=O) groups is 1. The normalized spacial score (nSPS) is 13.7. The van der Waals surface area contributed by atoms with Gasteiger partial charge in [-0.1, -0.05) is 42.8 Å². The minimum atomic E-state index is -0.429. The first-order chi connectivity index (χ1) is 13.0. The maximum atomic E-state index is 12.4. The van der Waals surface area contributed by atoms with E-state index in [2.05, 4.69) is 36.7 Å². The van der Waals surface area contributed by atoms with Gasteiger partial charge in [0, 0.05) is 30.6 Å². The lowest BCUT2D eigenvalue weighted by molar-refractivity contribution is -0.129. The van der Waals surface area contributed by atoms with Crippen molar-refractivity contribution in [1.82, 2.24) is 5.32 Å². The molecule has 1 unspecified atom stereocenters. The van der Waals surface area contributed by atoms with Crippen LogP contribution in [0.1, 0.15) is 13.8 Å². The first-order valence-corrected chi connectivity index (χ1v) is 11.3. The monoisotopic (exact) mass is 409 g/mol. The molecule has 0 saturated carbocycles. The average Bonchev–Trinajstić information content (AvgIpc) is 2.67. The number of thioether (sulfide) groups is 2. The summed E-state index contributed by atoms with van der Waals surface area (Å²) in [5.41, 5.74) is 2.46. The Kier molecular flexibility index (Phi) is 12.3. The zero-order chi connectivity index (χ0) is 20.1. The molecule has 0 spiro atoms. The van der Waals surface area contributed by atoms with Gasteiger partial charge in [-0.2, -0.15) is 11.8 Å². The number of rotatable bonds is 12. The van der Waals surface area contributed by atoms with Crippen molar-refractivity contribution in [1.29, 1.82) is 0 Å². The maximum Gasteiger partial charge on any atom is 0.226 e. The number of nitrogens with one attached hydrogen (secondary N) is 1. The Morgan fingerprint density at radius 3 is 2.44 bits per heavy atom. The molecule has 0 aliphatic heterocycles. The fourth-order valence-electron chi connectivity index (χ4n) is 2.41. The minimum Gasteiger partial charge on any atom is -0.354 e. The summed E-state index contributed by atoms with van der Waals surface area (Å²) < 4.78 is 10.2. The van der Waals surface area contributed by atoms with Crippen LogP contribution < -0.4 is 5.32 Å². The Labute approximate surface area is 172 Å². The van der Waals surface area contributed by atoms with Crippen molar-refractivity contribution >= 4 is 29.4 Å². The van der Waals surface area contributed by atoms with Crippen molar-refractivity contribution in [2.45, 2.75) is 25.0 Å². The fourth-order valence-corrected chi connectivity index (χ4v) is 3.81. The smallest absolute Gasteiger partial charge is 0.226 e. The molecule has 0 heterocycles. The van der Waals surface area contributed by atoms with Gasteiger partial charge in [0.1, 0.15) is 0 Å². The maximum absolute atomic E-state index is 12.4. The predicted molar refractivity (Wildman–Crippen MR) is 117 cm³/mol. The van der Waals surface area contributed by atoms with E-state index >= 15 is 0 Å². The summed E-state index contributed by atoms with van der Waals surface area (Å²) in [6.07, 6.45) is 5.91. The van der Waals surface area contributed by atoms with Crippen LogP contribution in [-0.2, 0) is 14.3 Å². The van der Waals surface area contributed by atoms with Gasteiger partial charge in [0.2, 0.25) is 5.91 Å². The number of allylic oxidation sites excluding steroid dienone is 1. The van der Waals surface area contributed by atoms with E-state index in [4.69, 9.17) is 9.47 Å². The number of benzene rings is 1. The Morgan fingerprint density at radius 2 is 1.85 bits per heavy atom. The molecule has 1 aromatic rings. The number of methoxy groups -OCH3 is 2. The highest BCUT2D eigenvalue weighted by atomic mass is 32.2. The Balaban J connectivity index is 2.79. The number of hydrogen-bond acceptors (Lipinski definition) is 5. The Bertz CT molecular complexity index is 613. The molecular weight excluding hydrogens is 378 g/mol. The van der Waals surface area contributed by atoms with Gasteiger partial charge in [-0.3, -0.25) is 4.79 Å². The van der Waals surface area contributed by atoms with E-state index in [1.807, 2.05) is 31.2 Å². The molecule has 27 heavy (non-hydrogen) atoms. The zero-order valence-electron chi connectivity index (χ0n) is 16.9. The van der Waals surface area contributed by atoms with E-state index in [0.717, 1.165) is 17.1 Å². The number of carbonyl (C=O) groups excluding carboxylic acids is 1. The van der Waals surface area contributed by atoms with Crippen LogP contribution >= 0.6 is 23.5 Å². The number of ether oxygens (including phenoxy) is 2. The second-order valence-corrected chi connectivity index (χ2v) is 8.12. The van der Waals surface area contributed by atoms with Crippen LogP contribution in [0, 0.1) is 5.92 Å². The molecular formula is C21H31NO3S2. The number of amides is 1. The SMILES string of the molecule is COC(CNC(=O)C(C)/C=C(\C=C(\C)CSC)CSc1ccccc1)OC. The molecule has 0 aliphatic carbocycles. The third-order valence-corrected chi connectivity index (χ3v) is 5.63. The quantitative estimate of drug-likeness (QED) is 0.315. The molecule has 1 amide bonds. The van der Waals surface area contributed by atoms with Crippen molar-refractivity contribution in [3.8, 4) is 0 Å². The van der Waals surface area contributed by atoms with Gasteiger partial charge in [0.25, 0.3) is 0 Å². The van der Waals surface area contributed by atoms with Crippen LogP contribution in [-0.4, -0.2) is 50.7 Å². The molecule has 0 aliphatic rings. The average molecular weight is 410 g/mol.